The van der Waals surface area contributed by atoms with E-state index in [0.717, 1.165) is 0 Å². The summed E-state index contributed by atoms with van der Waals surface area (Å²) in [4.78, 5) is 0. The summed E-state index contributed by atoms with van der Waals surface area (Å²) in [5.41, 5.74) is 0. The van der Waals surface area contributed by atoms with E-state index in [1.54, 1.807) is 22.5 Å². The third-order valence-corrected chi connectivity index (χ3v) is 2.54. The van der Waals surface area contributed by atoms with E-state index in [4.69, 9.17) is 0 Å². The Labute approximate surface area is 72.5 Å². The molecule has 0 saturated heterocycles. The van der Waals surface area contributed by atoms with Crippen LogP contribution in [0.5, 0.6) is 0 Å². The normalized spacial score (nSPS) is 10.0. The van der Waals surface area contributed by atoms with Gasteiger partial charge in [0.1, 0.15) is 0 Å². The molecule has 0 N–H and O–H groups in total. The monoisotopic (exact) mass is 233 g/mol. The van der Waals surface area contributed by atoms with Crippen LogP contribution in [0.2, 0.25) is 4.44 Å². The summed E-state index contributed by atoms with van der Waals surface area (Å²) in [6, 6.07) is 0. The van der Waals surface area contributed by atoms with Crippen LogP contribution in [0.25, 0.3) is 0 Å². The van der Waals surface area contributed by atoms with Crippen molar-refractivity contribution in [2.45, 2.75) is 49.9 Å². The average Bonchev–Trinajstić information content (AvgIpc) is 1.89. The molecule has 0 aromatic carbocycles. The summed E-state index contributed by atoms with van der Waals surface area (Å²) >= 11 is 1.71. The zero-order chi connectivity index (χ0) is 6.95. The van der Waals surface area contributed by atoms with Crippen LogP contribution in [0.1, 0.15) is 45.4 Å². The van der Waals surface area contributed by atoms with Crippen LogP contribution in [0.4, 0.5) is 0 Å². The van der Waals surface area contributed by atoms with Crippen LogP contribution >= 0.6 is 0 Å². The van der Waals surface area contributed by atoms with Gasteiger partial charge in [-0.3, -0.25) is 0 Å². The van der Waals surface area contributed by atoms with E-state index in [-0.39, 0.29) is 0 Å². The first kappa shape index (κ1) is 9.80. The molecular formula is C8H17Sn. The molecule has 9 heavy (non-hydrogen) atoms. The predicted octanol–water partition coefficient (Wildman–Crippen LogP) is 2.93. The van der Waals surface area contributed by atoms with Gasteiger partial charge in [0.05, 0.1) is 0 Å². The van der Waals surface area contributed by atoms with E-state index in [1.807, 2.05) is 0 Å². The predicted molar refractivity (Wildman–Crippen MR) is 43.9 cm³/mol. The van der Waals surface area contributed by atoms with Crippen LogP contribution in [0.15, 0.2) is 0 Å². The first-order chi connectivity index (χ1) is 4.41. The fourth-order valence-electron chi connectivity index (χ4n) is 0.905. The van der Waals surface area contributed by atoms with Gasteiger partial charge in [-0.1, -0.05) is 0 Å². The Morgan fingerprint density at radius 2 is 1.44 bits per heavy atom. The second-order valence-corrected chi connectivity index (χ2v) is 3.94. The summed E-state index contributed by atoms with van der Waals surface area (Å²) in [5.74, 6) is 0. The molecule has 0 rings (SSSR count). The quantitative estimate of drug-likeness (QED) is 0.487. The van der Waals surface area contributed by atoms with Crippen molar-refractivity contribution in [1.29, 1.82) is 0 Å². The van der Waals surface area contributed by atoms with Gasteiger partial charge in [-0.05, 0) is 0 Å². The molecule has 0 aliphatic carbocycles. The summed E-state index contributed by atoms with van der Waals surface area (Å²) in [6.07, 6.45) is 8.71. The molecule has 0 aromatic heterocycles. The standard InChI is InChI=1S/C8H17.Sn/c1-3-5-7-8-6-4-2;/h1,3-8H2,2H3;. The van der Waals surface area contributed by atoms with Gasteiger partial charge in [-0.25, -0.2) is 0 Å². The molecule has 0 heterocycles. The van der Waals surface area contributed by atoms with E-state index >= 15 is 0 Å². The molecule has 0 atom stereocenters. The van der Waals surface area contributed by atoms with Crippen LogP contribution < -0.4 is 0 Å². The Kier molecular flexibility index (Phi) is 9.58. The third-order valence-electron chi connectivity index (χ3n) is 1.53. The third kappa shape index (κ3) is 8.80. The van der Waals surface area contributed by atoms with Gasteiger partial charge in [0, 0.05) is 0 Å². The van der Waals surface area contributed by atoms with Crippen molar-refractivity contribution in [2.24, 2.45) is 0 Å². The van der Waals surface area contributed by atoms with Crippen molar-refractivity contribution in [3.05, 3.63) is 0 Å². The molecule has 0 aliphatic rings. The van der Waals surface area contributed by atoms with Crippen molar-refractivity contribution in [3.63, 3.8) is 0 Å². The second-order valence-electron chi connectivity index (χ2n) is 2.52. The molecule has 0 amide bonds. The van der Waals surface area contributed by atoms with Crippen LogP contribution in [0, 0.1) is 0 Å². The van der Waals surface area contributed by atoms with Crippen LogP contribution in [-0.4, -0.2) is 22.5 Å². The van der Waals surface area contributed by atoms with Gasteiger partial charge in [-0.2, -0.15) is 0 Å². The van der Waals surface area contributed by atoms with E-state index < -0.39 is 0 Å². The summed E-state index contributed by atoms with van der Waals surface area (Å²) < 4.78 is 1.46. The number of unbranched alkanes of at least 4 members (excludes halogenated alkanes) is 5. The molecule has 53 valence electrons. The zero-order valence-corrected chi connectivity index (χ0v) is 9.30. The summed E-state index contributed by atoms with van der Waals surface area (Å²) in [5, 5.41) is 0. The number of rotatable bonds is 6. The average molecular weight is 232 g/mol. The molecule has 0 unspecified atom stereocenters. The van der Waals surface area contributed by atoms with Gasteiger partial charge in [0.25, 0.3) is 0 Å². The molecule has 0 nitrogen and oxygen atoms in total. The fraction of sp³-hybridized carbons (Fsp3) is 1.00. The first-order valence-electron chi connectivity index (χ1n) is 4.06. The van der Waals surface area contributed by atoms with Crippen LogP contribution in [-0.2, 0) is 0 Å². The SMILES string of the molecule is CCCCCCC[CH2][Sn]. The van der Waals surface area contributed by atoms with Gasteiger partial charge < -0.3 is 0 Å². The molecule has 0 spiro atoms. The summed E-state index contributed by atoms with van der Waals surface area (Å²) in [6.45, 7) is 2.27. The Bertz CT molecular complexity index is 37.8. The van der Waals surface area contributed by atoms with Crippen molar-refractivity contribution in [1.82, 2.24) is 0 Å². The van der Waals surface area contributed by atoms with E-state index in [2.05, 4.69) is 6.92 Å². The Morgan fingerprint density at radius 1 is 0.889 bits per heavy atom. The molecule has 0 fully saturated rings. The number of hydrogen-bond donors (Lipinski definition) is 0. The fourth-order valence-corrected chi connectivity index (χ4v) is 1.62. The maximum atomic E-state index is 2.27. The minimum atomic E-state index is 1.37. The number of hydrogen-bond acceptors (Lipinski definition) is 0. The van der Waals surface area contributed by atoms with Gasteiger partial charge in [-0.15, -0.1) is 0 Å². The Hall–Kier alpha value is 0.799. The van der Waals surface area contributed by atoms with Crippen molar-refractivity contribution in [3.8, 4) is 0 Å². The first-order valence-corrected chi connectivity index (χ1v) is 6.08. The molecule has 1 heteroatoms. The van der Waals surface area contributed by atoms with Crippen molar-refractivity contribution >= 4 is 22.5 Å². The van der Waals surface area contributed by atoms with Gasteiger partial charge in [0.15, 0.2) is 0 Å². The topological polar surface area (TPSA) is 0 Å². The van der Waals surface area contributed by atoms with Gasteiger partial charge >= 0.3 is 72.4 Å². The Morgan fingerprint density at radius 3 is 2.00 bits per heavy atom. The van der Waals surface area contributed by atoms with E-state index in [1.165, 1.54) is 43.0 Å². The molecule has 3 radical (unpaired) electrons. The molecule has 0 bridgehead atoms. The zero-order valence-electron chi connectivity index (χ0n) is 6.45. The van der Waals surface area contributed by atoms with Gasteiger partial charge in [0.2, 0.25) is 0 Å². The van der Waals surface area contributed by atoms with Crippen molar-refractivity contribution < 1.29 is 0 Å². The maximum absolute atomic E-state index is 2.27. The molecule has 0 saturated carbocycles. The second kappa shape index (κ2) is 8.80. The van der Waals surface area contributed by atoms with Crippen LogP contribution in [0.3, 0.4) is 0 Å². The minimum absolute atomic E-state index is 1.37. The molecule has 0 aliphatic heterocycles. The van der Waals surface area contributed by atoms with Crippen molar-refractivity contribution in [2.75, 3.05) is 0 Å². The summed E-state index contributed by atoms with van der Waals surface area (Å²) in [7, 11) is 0. The van der Waals surface area contributed by atoms with E-state index in [9.17, 15) is 0 Å². The molecular weight excluding hydrogens is 215 g/mol. The molecule has 0 aromatic rings. The van der Waals surface area contributed by atoms with E-state index in [0.29, 0.717) is 0 Å². The Balaban J connectivity index is 2.60.